The second kappa shape index (κ2) is 9.88. The zero-order valence-electron chi connectivity index (χ0n) is 18.1. The summed E-state index contributed by atoms with van der Waals surface area (Å²) < 4.78 is 15.9. The van der Waals surface area contributed by atoms with Crippen LogP contribution in [0.4, 0.5) is 16.2 Å². The summed E-state index contributed by atoms with van der Waals surface area (Å²) in [5.41, 5.74) is 1.17. The fraction of sp³-hybridized carbons (Fsp3) is 0.348. The van der Waals surface area contributed by atoms with Crippen molar-refractivity contribution < 1.29 is 33.4 Å². The maximum Gasteiger partial charge on any atom is 0.413 e. The minimum atomic E-state index is -0.902. The second-order valence-electron chi connectivity index (χ2n) is 7.79. The van der Waals surface area contributed by atoms with Crippen molar-refractivity contribution in [3.63, 3.8) is 0 Å². The van der Waals surface area contributed by atoms with E-state index in [-0.39, 0.29) is 25.5 Å². The molecule has 0 unspecified atom stereocenters. The summed E-state index contributed by atoms with van der Waals surface area (Å²) in [6.07, 6.45) is 0.504. The average Bonchev–Trinajstić information content (AvgIpc) is 3.37. The molecular weight excluding hydrogens is 430 g/mol. The number of rotatable bonds is 5. The van der Waals surface area contributed by atoms with Crippen molar-refractivity contribution in [3.05, 3.63) is 54.0 Å². The minimum Gasteiger partial charge on any atom is -0.462 e. The average molecular weight is 455 g/mol. The maximum absolute atomic E-state index is 12.6. The van der Waals surface area contributed by atoms with Gasteiger partial charge in [0.1, 0.15) is 18.1 Å². The van der Waals surface area contributed by atoms with Crippen LogP contribution in [0.15, 0.2) is 46.9 Å². The lowest BCUT2D eigenvalue weighted by Gasteiger charge is -2.27. The molecule has 0 spiro atoms. The van der Waals surface area contributed by atoms with Crippen molar-refractivity contribution in [2.24, 2.45) is 0 Å². The van der Waals surface area contributed by atoms with E-state index in [1.807, 2.05) is 0 Å². The number of likely N-dealkylation sites (tertiary alicyclic amines) is 1. The number of benzene rings is 1. The maximum atomic E-state index is 12.6. The largest absolute Gasteiger partial charge is 0.462 e. The first-order valence-electron chi connectivity index (χ1n) is 10.6. The van der Waals surface area contributed by atoms with Crippen LogP contribution in [0.2, 0.25) is 0 Å². The highest BCUT2D eigenvalue weighted by molar-refractivity contribution is 5.95. The molecule has 2 N–H and O–H groups in total. The third kappa shape index (κ3) is 5.60. The molecule has 2 saturated heterocycles. The van der Waals surface area contributed by atoms with Crippen molar-refractivity contribution in [2.75, 3.05) is 36.5 Å². The molecule has 2 aliphatic heterocycles. The smallest absolute Gasteiger partial charge is 0.413 e. The van der Waals surface area contributed by atoms with Gasteiger partial charge in [-0.05, 0) is 49.4 Å². The quantitative estimate of drug-likeness (QED) is 0.663. The number of furan rings is 1. The Bertz CT molecular complexity index is 1050. The first kappa shape index (κ1) is 22.6. The van der Waals surface area contributed by atoms with Gasteiger partial charge in [0.05, 0.1) is 19.3 Å². The first-order valence-corrected chi connectivity index (χ1v) is 10.6. The van der Waals surface area contributed by atoms with Crippen LogP contribution in [0.5, 0.6) is 0 Å². The van der Waals surface area contributed by atoms with Crippen molar-refractivity contribution in [1.29, 1.82) is 0 Å². The number of aliphatic hydroxyl groups is 1. The Balaban J connectivity index is 1.34. The molecule has 3 heterocycles. The topological polar surface area (TPSA) is 122 Å². The molecule has 2 fully saturated rings. The summed E-state index contributed by atoms with van der Waals surface area (Å²) in [6.45, 7) is 2.84. The van der Waals surface area contributed by atoms with Crippen LogP contribution in [-0.4, -0.2) is 66.5 Å². The molecule has 2 aliphatic rings. The molecule has 0 radical (unpaired) electrons. The summed E-state index contributed by atoms with van der Waals surface area (Å²) in [7, 11) is 0. The number of aryl methyl sites for hydroxylation is 1. The molecule has 0 aliphatic carbocycles. The Morgan fingerprint density at radius 2 is 2.00 bits per heavy atom. The number of carbonyl (C=O) groups excluding carboxylic acids is 3. The van der Waals surface area contributed by atoms with Crippen LogP contribution in [-0.2, 0) is 19.1 Å². The zero-order chi connectivity index (χ0) is 23.4. The number of morpholine rings is 1. The number of β-amino-alcohol motifs (C(OH)–C–C–N with tert-alkyl or cyclic N) is 1. The van der Waals surface area contributed by atoms with E-state index in [2.05, 4.69) is 5.32 Å². The van der Waals surface area contributed by atoms with Gasteiger partial charge in [0.15, 0.2) is 6.23 Å². The summed E-state index contributed by atoms with van der Waals surface area (Å²) in [5.74, 6) is 0.722. The van der Waals surface area contributed by atoms with Crippen molar-refractivity contribution in [1.82, 2.24) is 4.90 Å². The lowest BCUT2D eigenvalue weighted by atomic mass is 10.2. The van der Waals surface area contributed by atoms with E-state index in [0.29, 0.717) is 30.3 Å². The lowest BCUT2D eigenvalue weighted by molar-refractivity contribution is -0.132. The van der Waals surface area contributed by atoms with Crippen LogP contribution in [0.3, 0.4) is 0 Å². The van der Waals surface area contributed by atoms with Gasteiger partial charge in [-0.3, -0.25) is 14.9 Å². The van der Waals surface area contributed by atoms with E-state index in [1.54, 1.807) is 48.2 Å². The van der Waals surface area contributed by atoms with Crippen molar-refractivity contribution >= 4 is 35.4 Å². The summed E-state index contributed by atoms with van der Waals surface area (Å²) in [6, 6.07) is 10.3. The summed E-state index contributed by atoms with van der Waals surface area (Å²) in [5, 5.41) is 12.6. The van der Waals surface area contributed by atoms with Crippen LogP contribution in [0, 0.1) is 6.92 Å². The van der Waals surface area contributed by atoms with Gasteiger partial charge < -0.3 is 28.8 Å². The number of anilines is 2. The summed E-state index contributed by atoms with van der Waals surface area (Å²) in [4.78, 5) is 39.8. The number of ether oxygens (including phenoxy) is 2. The first-order chi connectivity index (χ1) is 15.9. The highest BCUT2D eigenvalue weighted by Gasteiger charge is 2.36. The van der Waals surface area contributed by atoms with E-state index >= 15 is 0 Å². The van der Waals surface area contributed by atoms with Gasteiger partial charge in [-0.2, -0.15) is 0 Å². The van der Waals surface area contributed by atoms with Crippen LogP contribution >= 0.6 is 0 Å². The van der Waals surface area contributed by atoms with E-state index in [9.17, 15) is 19.5 Å². The molecule has 4 rings (SSSR count). The van der Waals surface area contributed by atoms with Crippen LogP contribution < -0.4 is 10.2 Å². The molecule has 3 amide bonds. The second-order valence-corrected chi connectivity index (χ2v) is 7.79. The molecule has 1 aromatic carbocycles. The van der Waals surface area contributed by atoms with Gasteiger partial charge in [0, 0.05) is 30.4 Å². The predicted molar refractivity (Wildman–Crippen MR) is 118 cm³/mol. The predicted octanol–water partition coefficient (Wildman–Crippen LogP) is 2.13. The molecule has 33 heavy (non-hydrogen) atoms. The molecule has 174 valence electrons. The van der Waals surface area contributed by atoms with Crippen LogP contribution in [0.1, 0.15) is 17.9 Å². The molecule has 2 aromatic rings. The number of amides is 3. The number of nitrogens with zero attached hydrogens (tertiary/aromatic N) is 2. The normalized spacial score (nSPS) is 21.0. The third-order valence-corrected chi connectivity index (χ3v) is 5.32. The fourth-order valence-electron chi connectivity index (χ4n) is 3.70. The van der Waals surface area contributed by atoms with Gasteiger partial charge in [-0.1, -0.05) is 0 Å². The molecule has 0 saturated carbocycles. The zero-order valence-corrected chi connectivity index (χ0v) is 18.1. The van der Waals surface area contributed by atoms with Gasteiger partial charge in [-0.25, -0.2) is 4.79 Å². The Morgan fingerprint density at radius 1 is 1.21 bits per heavy atom. The Hall–Kier alpha value is -3.63. The third-order valence-electron chi connectivity index (χ3n) is 5.32. The van der Waals surface area contributed by atoms with Gasteiger partial charge in [0.2, 0.25) is 5.91 Å². The van der Waals surface area contributed by atoms with Crippen molar-refractivity contribution in [3.8, 4) is 0 Å². The van der Waals surface area contributed by atoms with Crippen LogP contribution in [0.25, 0.3) is 6.08 Å². The molecule has 10 heteroatoms. The lowest BCUT2D eigenvalue weighted by Crippen LogP contribution is -2.41. The Labute approximate surface area is 190 Å². The number of hydrogen-bond acceptors (Lipinski definition) is 7. The molecule has 1 aromatic heterocycles. The summed E-state index contributed by atoms with van der Waals surface area (Å²) >= 11 is 0. The highest BCUT2D eigenvalue weighted by Crippen LogP contribution is 2.22. The molecule has 0 bridgehead atoms. The number of carbonyl (C=O) groups is 3. The standard InChI is InChI=1S/C23H25N3O7/c1-15-2-7-19(32-15)8-9-20(28)26-13-18(27)12-22(26)33-23(30)24-16-3-5-17(6-4-16)25-10-11-31-14-21(25)29/h2-9,18,22,27H,10-14H2,1H3,(H,24,30)/t18-,22-/m1/s1. The Morgan fingerprint density at radius 3 is 2.70 bits per heavy atom. The highest BCUT2D eigenvalue weighted by atomic mass is 16.6. The molecule has 2 atom stereocenters. The van der Waals surface area contributed by atoms with Gasteiger partial charge in [0.25, 0.3) is 5.91 Å². The van der Waals surface area contributed by atoms with Gasteiger partial charge in [-0.15, -0.1) is 0 Å². The fourth-order valence-corrected chi connectivity index (χ4v) is 3.70. The SMILES string of the molecule is Cc1ccc(C=CC(=O)N2C[C@H](O)C[C@H]2OC(=O)Nc2ccc(N3CCOCC3=O)cc2)o1. The van der Waals surface area contributed by atoms with E-state index in [1.165, 1.54) is 17.1 Å². The van der Waals surface area contributed by atoms with E-state index in [0.717, 1.165) is 5.76 Å². The van der Waals surface area contributed by atoms with E-state index < -0.39 is 24.3 Å². The molecule has 10 nitrogen and oxygen atoms in total. The van der Waals surface area contributed by atoms with Gasteiger partial charge >= 0.3 is 6.09 Å². The number of hydrogen-bond donors (Lipinski definition) is 2. The van der Waals surface area contributed by atoms with Crippen molar-refractivity contribution in [2.45, 2.75) is 25.7 Å². The van der Waals surface area contributed by atoms with E-state index in [4.69, 9.17) is 13.9 Å². The number of aliphatic hydroxyl groups excluding tert-OH is 1. The monoisotopic (exact) mass is 455 g/mol. The minimum absolute atomic E-state index is 0.0468. The Kier molecular flexibility index (Phi) is 6.76. The number of nitrogens with one attached hydrogen (secondary N) is 1. The molecular formula is C23H25N3O7.